The average molecular weight is 372 g/mol. The van der Waals surface area contributed by atoms with Crippen LogP contribution in [0.5, 0.6) is 0 Å². The van der Waals surface area contributed by atoms with Gasteiger partial charge in [-0.05, 0) is 52.2 Å². The average Bonchev–Trinajstić information content (AvgIpc) is 2.42. The van der Waals surface area contributed by atoms with Crippen LogP contribution in [0.2, 0.25) is 5.02 Å². The van der Waals surface area contributed by atoms with Gasteiger partial charge in [-0.15, -0.1) is 0 Å². The van der Waals surface area contributed by atoms with Crippen LogP contribution in [-0.2, 0) is 11.2 Å². The molecule has 21 heavy (non-hydrogen) atoms. The van der Waals surface area contributed by atoms with Crippen molar-refractivity contribution >= 4 is 44.8 Å². The minimum Gasteiger partial charge on any atom is -0.399 e. The van der Waals surface area contributed by atoms with Gasteiger partial charge in [-0.3, -0.25) is 4.79 Å². The van der Waals surface area contributed by atoms with Crippen molar-refractivity contribution in [3.05, 3.63) is 57.3 Å². The van der Waals surface area contributed by atoms with E-state index in [4.69, 9.17) is 17.3 Å². The molecule has 0 heterocycles. The number of hydrogen-bond acceptors (Lipinski definition) is 2. The highest BCUT2D eigenvalue weighted by Gasteiger charge is 2.11. The maximum atomic E-state index is 13.1. The summed E-state index contributed by atoms with van der Waals surface area (Å²) in [6, 6.07) is 9.75. The number of nitrogens with two attached hydrogens (primary N) is 1. The molecule has 0 aliphatic rings. The Kier molecular flexibility index (Phi) is 5.20. The highest BCUT2D eigenvalue weighted by Crippen LogP contribution is 2.31. The van der Waals surface area contributed by atoms with E-state index in [1.54, 1.807) is 12.1 Å². The van der Waals surface area contributed by atoms with Crippen molar-refractivity contribution in [1.29, 1.82) is 0 Å². The number of nitrogens with one attached hydrogen (secondary N) is 1. The van der Waals surface area contributed by atoms with Crippen LogP contribution in [0.4, 0.5) is 15.8 Å². The van der Waals surface area contributed by atoms with Gasteiger partial charge in [0, 0.05) is 16.6 Å². The maximum Gasteiger partial charge on any atom is 0.224 e. The fraction of sp³-hybridized carbons (Fsp3) is 0.133. The van der Waals surface area contributed by atoms with E-state index in [0.29, 0.717) is 28.7 Å². The summed E-state index contributed by atoms with van der Waals surface area (Å²) in [4.78, 5) is 11.9. The third-order valence-electron chi connectivity index (χ3n) is 2.89. The summed E-state index contributed by atoms with van der Waals surface area (Å²) in [5, 5.41) is 2.83. The van der Waals surface area contributed by atoms with Gasteiger partial charge in [0.25, 0.3) is 0 Å². The third kappa shape index (κ3) is 4.44. The summed E-state index contributed by atoms with van der Waals surface area (Å²) in [6.45, 7) is 0. The van der Waals surface area contributed by atoms with Crippen LogP contribution in [0.25, 0.3) is 0 Å². The first-order chi connectivity index (χ1) is 9.95. The van der Waals surface area contributed by atoms with Crippen LogP contribution >= 0.6 is 27.5 Å². The zero-order valence-corrected chi connectivity index (χ0v) is 13.3. The zero-order valence-electron chi connectivity index (χ0n) is 11.0. The van der Waals surface area contributed by atoms with Gasteiger partial charge in [-0.1, -0.05) is 23.7 Å². The zero-order chi connectivity index (χ0) is 15.4. The topological polar surface area (TPSA) is 55.1 Å². The van der Waals surface area contributed by atoms with Crippen LogP contribution in [0.3, 0.4) is 0 Å². The van der Waals surface area contributed by atoms with Crippen LogP contribution in [0.1, 0.15) is 12.0 Å². The number of anilines is 2. The lowest BCUT2D eigenvalue weighted by Gasteiger charge is -2.10. The smallest absolute Gasteiger partial charge is 0.224 e. The third-order valence-corrected chi connectivity index (χ3v) is 3.82. The highest BCUT2D eigenvalue weighted by atomic mass is 79.9. The van der Waals surface area contributed by atoms with Crippen molar-refractivity contribution in [2.45, 2.75) is 12.8 Å². The van der Waals surface area contributed by atoms with Crippen molar-refractivity contribution in [3.8, 4) is 0 Å². The van der Waals surface area contributed by atoms with E-state index in [-0.39, 0.29) is 10.9 Å². The summed E-state index contributed by atoms with van der Waals surface area (Å²) in [6.07, 6.45) is 0.882. The van der Waals surface area contributed by atoms with E-state index in [2.05, 4.69) is 21.2 Å². The Morgan fingerprint density at radius 3 is 2.57 bits per heavy atom. The second-order valence-corrected chi connectivity index (χ2v) is 5.80. The van der Waals surface area contributed by atoms with E-state index in [1.165, 1.54) is 6.07 Å². The van der Waals surface area contributed by atoms with Crippen molar-refractivity contribution in [2.75, 3.05) is 11.1 Å². The van der Waals surface area contributed by atoms with Crippen LogP contribution in [-0.4, -0.2) is 5.91 Å². The number of hydrogen-bond donors (Lipinski definition) is 2. The molecule has 0 spiro atoms. The van der Waals surface area contributed by atoms with Gasteiger partial charge in [0.15, 0.2) is 0 Å². The fourth-order valence-corrected chi connectivity index (χ4v) is 2.70. The lowest BCUT2D eigenvalue weighted by Crippen LogP contribution is -2.13. The molecule has 3 N–H and O–H groups in total. The number of rotatable bonds is 4. The van der Waals surface area contributed by atoms with E-state index in [0.717, 1.165) is 11.6 Å². The Morgan fingerprint density at radius 2 is 1.95 bits per heavy atom. The van der Waals surface area contributed by atoms with Gasteiger partial charge in [0.05, 0.1) is 10.7 Å². The van der Waals surface area contributed by atoms with Gasteiger partial charge in [-0.25, -0.2) is 4.39 Å². The number of carbonyl (C=O) groups is 1. The number of aryl methyl sites for hydroxylation is 1. The molecule has 2 aromatic rings. The summed E-state index contributed by atoms with van der Waals surface area (Å²) in [5.74, 6) is -0.659. The van der Waals surface area contributed by atoms with E-state index in [9.17, 15) is 9.18 Å². The minimum absolute atomic E-state index is 0.155. The molecule has 2 rings (SSSR count). The largest absolute Gasteiger partial charge is 0.399 e. The quantitative estimate of drug-likeness (QED) is 0.783. The van der Waals surface area contributed by atoms with Gasteiger partial charge < -0.3 is 11.1 Å². The molecule has 0 unspecified atom stereocenters. The lowest BCUT2D eigenvalue weighted by atomic mass is 10.1. The molecule has 0 bridgehead atoms. The SMILES string of the molecule is Nc1ccc(CCC(=O)Nc2c(Cl)cc(F)cc2Br)cc1. The monoisotopic (exact) mass is 370 g/mol. The van der Waals surface area contributed by atoms with Gasteiger partial charge in [-0.2, -0.15) is 0 Å². The normalized spacial score (nSPS) is 10.4. The first-order valence-electron chi connectivity index (χ1n) is 6.24. The second-order valence-electron chi connectivity index (χ2n) is 4.53. The molecular formula is C15H13BrClFN2O. The van der Waals surface area contributed by atoms with E-state index >= 15 is 0 Å². The Bertz CT molecular complexity index is 638. The Morgan fingerprint density at radius 1 is 1.29 bits per heavy atom. The molecule has 0 radical (unpaired) electrons. The van der Waals surface area contributed by atoms with Crippen molar-refractivity contribution in [2.24, 2.45) is 0 Å². The predicted octanol–water partition coefficient (Wildman–Crippen LogP) is 4.40. The molecule has 110 valence electrons. The minimum atomic E-state index is -0.466. The number of carbonyl (C=O) groups excluding carboxylic acids is 1. The van der Waals surface area contributed by atoms with Gasteiger partial charge >= 0.3 is 0 Å². The molecule has 6 heteroatoms. The van der Waals surface area contributed by atoms with Crippen molar-refractivity contribution in [3.63, 3.8) is 0 Å². The van der Waals surface area contributed by atoms with Crippen LogP contribution < -0.4 is 11.1 Å². The Balaban J connectivity index is 1.97. The number of amides is 1. The second kappa shape index (κ2) is 6.91. The lowest BCUT2D eigenvalue weighted by molar-refractivity contribution is -0.116. The Labute approximate surface area is 135 Å². The van der Waals surface area contributed by atoms with Crippen LogP contribution in [0.15, 0.2) is 40.9 Å². The van der Waals surface area contributed by atoms with E-state index < -0.39 is 5.82 Å². The molecule has 0 aliphatic heterocycles. The Hall–Kier alpha value is -1.59. The molecule has 0 aromatic heterocycles. The number of benzene rings is 2. The molecule has 2 aromatic carbocycles. The fourth-order valence-electron chi connectivity index (χ4n) is 1.81. The molecule has 0 aliphatic carbocycles. The summed E-state index contributed by atoms with van der Waals surface area (Å²) >= 11 is 9.09. The first kappa shape index (κ1) is 15.8. The molecule has 3 nitrogen and oxygen atoms in total. The van der Waals surface area contributed by atoms with Gasteiger partial charge in [0.1, 0.15) is 5.82 Å². The van der Waals surface area contributed by atoms with Crippen LogP contribution in [0, 0.1) is 5.82 Å². The van der Waals surface area contributed by atoms with Crippen molar-refractivity contribution in [1.82, 2.24) is 0 Å². The number of nitrogen functional groups attached to an aromatic ring is 1. The molecular weight excluding hydrogens is 359 g/mol. The first-order valence-corrected chi connectivity index (χ1v) is 7.41. The summed E-state index contributed by atoms with van der Waals surface area (Å²) in [5.41, 5.74) is 7.68. The summed E-state index contributed by atoms with van der Waals surface area (Å²) in [7, 11) is 0. The molecule has 0 atom stereocenters. The number of halogens is 3. The van der Waals surface area contributed by atoms with Gasteiger partial charge in [0.2, 0.25) is 5.91 Å². The maximum absolute atomic E-state index is 13.1. The molecule has 0 saturated heterocycles. The summed E-state index contributed by atoms with van der Waals surface area (Å²) < 4.78 is 13.5. The highest BCUT2D eigenvalue weighted by molar-refractivity contribution is 9.10. The van der Waals surface area contributed by atoms with E-state index in [1.807, 2.05) is 12.1 Å². The predicted molar refractivity (Wildman–Crippen MR) is 86.9 cm³/mol. The standard InChI is InChI=1S/C15H13BrClFN2O/c16-12-7-10(18)8-13(17)15(12)20-14(21)6-3-9-1-4-11(19)5-2-9/h1-2,4-5,7-8H,3,6,19H2,(H,20,21). The molecule has 0 fully saturated rings. The van der Waals surface area contributed by atoms with Crippen molar-refractivity contribution < 1.29 is 9.18 Å². The molecule has 0 saturated carbocycles. The molecule has 1 amide bonds.